The SMILES string of the molecule is C=C(C)OC1=CCC2(N)C3Cc4ccc(C)c5c4C2(CCN3C)C1O5. The average molecular weight is 338 g/mol. The summed E-state index contributed by atoms with van der Waals surface area (Å²) in [6.45, 7) is 8.99. The van der Waals surface area contributed by atoms with Crippen LogP contribution in [0.15, 0.2) is 36.3 Å². The van der Waals surface area contributed by atoms with Crippen LogP contribution in [-0.4, -0.2) is 36.2 Å². The molecule has 4 heteroatoms. The maximum atomic E-state index is 7.23. The lowest BCUT2D eigenvalue weighted by molar-refractivity contribution is -0.0442. The van der Waals surface area contributed by atoms with Gasteiger partial charge in [-0.25, -0.2) is 0 Å². The van der Waals surface area contributed by atoms with Gasteiger partial charge >= 0.3 is 0 Å². The topological polar surface area (TPSA) is 47.7 Å². The van der Waals surface area contributed by atoms with Gasteiger partial charge in [0.25, 0.3) is 0 Å². The number of likely N-dealkylation sites (N-methyl/N-ethyl adjacent to an activating group) is 1. The Labute approximate surface area is 149 Å². The molecule has 0 radical (unpaired) electrons. The van der Waals surface area contributed by atoms with Crippen molar-refractivity contribution in [2.24, 2.45) is 5.73 Å². The summed E-state index contributed by atoms with van der Waals surface area (Å²) in [5.41, 5.74) is 10.7. The number of aryl methyl sites for hydroxylation is 1. The smallest absolute Gasteiger partial charge is 0.167 e. The fourth-order valence-corrected chi connectivity index (χ4v) is 5.89. The average Bonchev–Trinajstić information content (AvgIpc) is 2.91. The number of hydrogen-bond acceptors (Lipinski definition) is 4. The van der Waals surface area contributed by atoms with Crippen LogP contribution in [-0.2, 0) is 16.6 Å². The third kappa shape index (κ3) is 1.65. The van der Waals surface area contributed by atoms with Gasteiger partial charge in [-0.15, -0.1) is 0 Å². The minimum atomic E-state index is -0.321. The van der Waals surface area contributed by atoms with Gasteiger partial charge < -0.3 is 20.1 Å². The molecule has 4 unspecified atom stereocenters. The zero-order valence-corrected chi connectivity index (χ0v) is 15.3. The fourth-order valence-electron chi connectivity index (χ4n) is 5.89. The van der Waals surface area contributed by atoms with Gasteiger partial charge in [0, 0.05) is 17.1 Å². The van der Waals surface area contributed by atoms with Crippen LogP contribution in [0.25, 0.3) is 0 Å². The number of piperidine rings is 1. The maximum absolute atomic E-state index is 7.23. The van der Waals surface area contributed by atoms with Crippen LogP contribution in [0.2, 0.25) is 0 Å². The first kappa shape index (κ1) is 15.5. The van der Waals surface area contributed by atoms with Crippen LogP contribution in [0.1, 0.15) is 36.5 Å². The van der Waals surface area contributed by atoms with E-state index in [0.29, 0.717) is 11.8 Å². The van der Waals surface area contributed by atoms with E-state index in [1.807, 2.05) is 6.92 Å². The second-order valence-corrected chi connectivity index (χ2v) is 8.32. The Morgan fingerprint density at radius 3 is 3.00 bits per heavy atom. The Morgan fingerprint density at radius 2 is 2.24 bits per heavy atom. The van der Waals surface area contributed by atoms with Crippen LogP contribution >= 0.6 is 0 Å². The Hall–Kier alpha value is -1.78. The van der Waals surface area contributed by atoms with E-state index < -0.39 is 0 Å². The molecule has 2 N–H and O–H groups in total. The lowest BCUT2D eigenvalue weighted by Gasteiger charge is -2.62. The molecule has 1 aromatic carbocycles. The van der Waals surface area contributed by atoms with Crippen molar-refractivity contribution in [1.29, 1.82) is 0 Å². The molecule has 1 fully saturated rings. The number of nitrogens with zero attached hydrogens (tertiary/aromatic N) is 1. The second-order valence-electron chi connectivity index (χ2n) is 8.32. The van der Waals surface area contributed by atoms with Crippen LogP contribution in [0, 0.1) is 6.92 Å². The molecule has 1 saturated heterocycles. The first-order valence-electron chi connectivity index (χ1n) is 9.20. The molecule has 2 aliphatic heterocycles. The van der Waals surface area contributed by atoms with E-state index in [1.165, 1.54) is 16.7 Å². The van der Waals surface area contributed by atoms with E-state index in [2.05, 4.69) is 43.7 Å². The van der Waals surface area contributed by atoms with Crippen molar-refractivity contribution in [3.63, 3.8) is 0 Å². The highest BCUT2D eigenvalue weighted by atomic mass is 16.5. The van der Waals surface area contributed by atoms with Crippen molar-refractivity contribution in [1.82, 2.24) is 4.90 Å². The van der Waals surface area contributed by atoms with Gasteiger partial charge in [0.2, 0.25) is 0 Å². The van der Waals surface area contributed by atoms with Crippen LogP contribution < -0.4 is 10.5 Å². The summed E-state index contributed by atoms with van der Waals surface area (Å²) < 4.78 is 12.6. The predicted octanol–water partition coefficient (Wildman–Crippen LogP) is 2.79. The quantitative estimate of drug-likeness (QED) is 0.843. The molecule has 2 aliphatic carbocycles. The van der Waals surface area contributed by atoms with E-state index in [0.717, 1.165) is 37.3 Å². The van der Waals surface area contributed by atoms with Crippen LogP contribution in [0.4, 0.5) is 0 Å². The Morgan fingerprint density at radius 1 is 1.44 bits per heavy atom. The van der Waals surface area contributed by atoms with Crippen molar-refractivity contribution < 1.29 is 9.47 Å². The summed E-state index contributed by atoms with van der Waals surface area (Å²) in [5, 5.41) is 0. The summed E-state index contributed by atoms with van der Waals surface area (Å²) in [7, 11) is 2.21. The molecule has 2 bridgehead atoms. The third-order valence-corrected chi connectivity index (χ3v) is 6.99. The molecule has 4 atom stereocenters. The van der Waals surface area contributed by atoms with Gasteiger partial charge in [-0.1, -0.05) is 18.7 Å². The lowest BCUT2D eigenvalue weighted by Crippen LogP contribution is -2.78. The fraction of sp³-hybridized carbons (Fsp3) is 0.524. The highest BCUT2D eigenvalue weighted by Crippen LogP contribution is 2.63. The summed E-state index contributed by atoms with van der Waals surface area (Å²) in [6.07, 6.45) is 4.82. The number of hydrogen-bond donors (Lipinski definition) is 1. The van der Waals surface area contributed by atoms with Gasteiger partial charge in [0.05, 0.1) is 11.2 Å². The van der Waals surface area contributed by atoms with E-state index >= 15 is 0 Å². The van der Waals surface area contributed by atoms with Gasteiger partial charge in [-0.2, -0.15) is 0 Å². The molecular formula is C21H26N2O2. The van der Waals surface area contributed by atoms with Crippen molar-refractivity contribution in [2.45, 2.75) is 56.2 Å². The largest absolute Gasteiger partial charge is 0.481 e. The zero-order valence-electron chi connectivity index (χ0n) is 15.3. The molecule has 132 valence electrons. The van der Waals surface area contributed by atoms with E-state index in [4.69, 9.17) is 15.2 Å². The monoisotopic (exact) mass is 338 g/mol. The molecule has 4 nitrogen and oxygen atoms in total. The molecule has 2 heterocycles. The minimum absolute atomic E-state index is 0.144. The minimum Gasteiger partial charge on any atom is -0.481 e. The third-order valence-electron chi connectivity index (χ3n) is 6.99. The van der Waals surface area contributed by atoms with Crippen molar-refractivity contribution >= 4 is 0 Å². The van der Waals surface area contributed by atoms with Crippen molar-refractivity contribution in [2.75, 3.05) is 13.6 Å². The molecule has 1 spiro atoms. The second kappa shape index (κ2) is 4.68. The lowest BCUT2D eigenvalue weighted by atomic mass is 9.49. The van der Waals surface area contributed by atoms with Crippen molar-refractivity contribution in [3.05, 3.63) is 53.0 Å². The first-order chi connectivity index (χ1) is 11.9. The number of benzene rings is 1. The predicted molar refractivity (Wildman–Crippen MR) is 97.5 cm³/mol. The zero-order chi connectivity index (χ0) is 17.6. The normalized spacial score (nSPS) is 37.8. The summed E-state index contributed by atoms with van der Waals surface area (Å²) in [6, 6.07) is 4.80. The summed E-state index contributed by atoms with van der Waals surface area (Å²) in [5.74, 6) is 2.63. The van der Waals surface area contributed by atoms with Gasteiger partial charge in [0.1, 0.15) is 11.5 Å². The highest BCUT2D eigenvalue weighted by Gasteiger charge is 2.70. The molecule has 0 saturated carbocycles. The molecule has 4 aliphatic rings. The Kier molecular flexibility index (Phi) is 2.90. The van der Waals surface area contributed by atoms with E-state index in [9.17, 15) is 0 Å². The molecule has 5 rings (SSSR count). The standard InChI is InChI=1S/C21H26N2O2/c1-12(2)24-15-7-8-21(22)16-11-14-6-5-13(3)18-17(14)20(21,19(15)25-18)9-10-23(16)4/h5-7,16,19H,1,8-11,22H2,2-4H3. The highest BCUT2D eigenvalue weighted by molar-refractivity contribution is 5.62. The van der Waals surface area contributed by atoms with E-state index in [-0.39, 0.29) is 17.1 Å². The number of likely N-dealkylation sites (tertiary alicyclic amines) is 1. The molecule has 0 amide bonds. The number of rotatable bonds is 2. The van der Waals surface area contributed by atoms with E-state index in [1.54, 1.807) is 0 Å². The Bertz CT molecular complexity index is 829. The van der Waals surface area contributed by atoms with Gasteiger partial charge in [0.15, 0.2) is 6.10 Å². The molecule has 25 heavy (non-hydrogen) atoms. The Balaban J connectivity index is 1.80. The molecule has 1 aromatic rings. The first-order valence-corrected chi connectivity index (χ1v) is 9.20. The number of nitrogens with two attached hydrogens (primary N) is 1. The van der Waals surface area contributed by atoms with Crippen LogP contribution in [0.5, 0.6) is 5.75 Å². The summed E-state index contributed by atoms with van der Waals surface area (Å²) >= 11 is 0. The van der Waals surface area contributed by atoms with Crippen LogP contribution in [0.3, 0.4) is 0 Å². The summed E-state index contributed by atoms with van der Waals surface area (Å²) in [4.78, 5) is 2.45. The van der Waals surface area contributed by atoms with Crippen molar-refractivity contribution in [3.8, 4) is 5.75 Å². The van der Waals surface area contributed by atoms with Gasteiger partial charge in [-0.05, 0) is 63.9 Å². The maximum Gasteiger partial charge on any atom is 0.167 e. The molecular weight excluding hydrogens is 312 g/mol. The van der Waals surface area contributed by atoms with Gasteiger partial charge in [-0.3, -0.25) is 0 Å². The number of allylic oxidation sites excluding steroid dienone is 1. The number of ether oxygens (including phenoxy) is 2. The molecule has 0 aromatic heterocycles.